The van der Waals surface area contributed by atoms with Gasteiger partial charge in [-0.05, 0) is 22.2 Å². The zero-order valence-electron chi connectivity index (χ0n) is 18.3. The number of nitrogens with one attached hydrogen (secondary N) is 1. The summed E-state index contributed by atoms with van der Waals surface area (Å²) in [5.41, 5.74) is 6.46. The molecule has 0 aliphatic rings. The number of hydrogen-bond donors (Lipinski definition) is 1. The van der Waals surface area contributed by atoms with Gasteiger partial charge in [0.05, 0.1) is 11.0 Å². The highest BCUT2D eigenvalue weighted by Gasteiger charge is 2.18. The van der Waals surface area contributed by atoms with Crippen LogP contribution < -0.4 is 0 Å². The van der Waals surface area contributed by atoms with Crippen LogP contribution in [0.5, 0.6) is 0 Å². The van der Waals surface area contributed by atoms with Gasteiger partial charge in [-0.2, -0.15) is 0 Å². The molecular weight excluding hydrogens is 414 g/mol. The minimum Gasteiger partial charge on any atom is -0.455 e. The Morgan fingerprint density at radius 3 is 1.82 bits per heavy atom. The number of aromatic amines is 1. The van der Waals surface area contributed by atoms with Crippen molar-refractivity contribution in [1.82, 2.24) is 4.98 Å². The molecule has 2 aromatic heterocycles. The fourth-order valence-electron chi connectivity index (χ4n) is 5.75. The first-order chi connectivity index (χ1) is 16.9. The molecule has 2 nitrogen and oxygen atoms in total. The fraction of sp³-hybridized carbons (Fsp3) is 0. The molecule has 0 atom stereocenters. The third kappa shape index (κ3) is 2.24. The lowest BCUT2D eigenvalue weighted by molar-refractivity contribution is 0.670. The maximum absolute atomic E-state index is 6.39. The molecule has 0 aliphatic carbocycles. The maximum atomic E-state index is 6.39. The number of rotatable bonds is 1. The standard InChI is InChI=1S/C32H19NO/c1-3-12-22-19(9-1)20-10-2-4-13-23(20)31-29(22)27-17-7-14-24(30(27)33-31)26-16-8-15-25-21-11-5-6-18-28(21)34-32(25)26/h1-18,33H. The molecule has 0 radical (unpaired) electrons. The van der Waals surface area contributed by atoms with Crippen LogP contribution in [-0.4, -0.2) is 4.98 Å². The SMILES string of the molecule is c1ccc2c(c1)oc1c(-c3cccc4c3[nH]c3c5ccccc5c5ccccc5c43)cccc12. The van der Waals surface area contributed by atoms with Crippen molar-refractivity contribution in [3.63, 3.8) is 0 Å². The highest BCUT2D eigenvalue weighted by Crippen LogP contribution is 2.43. The van der Waals surface area contributed by atoms with Crippen LogP contribution in [-0.2, 0) is 0 Å². The number of hydrogen-bond acceptors (Lipinski definition) is 1. The van der Waals surface area contributed by atoms with Crippen LogP contribution in [0.25, 0.3) is 76.4 Å². The zero-order valence-corrected chi connectivity index (χ0v) is 18.3. The molecule has 0 unspecified atom stereocenters. The van der Waals surface area contributed by atoms with E-state index in [1.165, 1.54) is 37.8 Å². The van der Waals surface area contributed by atoms with E-state index in [0.717, 1.165) is 38.6 Å². The van der Waals surface area contributed by atoms with Crippen molar-refractivity contribution < 1.29 is 4.42 Å². The smallest absolute Gasteiger partial charge is 0.143 e. The highest BCUT2D eigenvalue weighted by molar-refractivity contribution is 6.32. The van der Waals surface area contributed by atoms with Crippen LogP contribution in [0.3, 0.4) is 0 Å². The molecule has 8 rings (SSSR count). The Bertz CT molecular complexity index is 2070. The first-order valence-corrected chi connectivity index (χ1v) is 11.6. The normalized spacial score (nSPS) is 12.1. The lowest BCUT2D eigenvalue weighted by Crippen LogP contribution is -1.81. The van der Waals surface area contributed by atoms with Crippen LogP contribution in [0, 0.1) is 0 Å². The average molecular weight is 434 g/mol. The van der Waals surface area contributed by atoms with Crippen molar-refractivity contribution >= 4 is 65.3 Å². The van der Waals surface area contributed by atoms with E-state index in [9.17, 15) is 0 Å². The Balaban J connectivity index is 1.56. The molecule has 34 heavy (non-hydrogen) atoms. The average Bonchev–Trinajstić information content (AvgIpc) is 3.48. The van der Waals surface area contributed by atoms with Gasteiger partial charge in [-0.3, -0.25) is 0 Å². The van der Waals surface area contributed by atoms with Crippen molar-refractivity contribution in [1.29, 1.82) is 0 Å². The predicted molar refractivity (Wildman–Crippen MR) is 144 cm³/mol. The van der Waals surface area contributed by atoms with Crippen LogP contribution in [0.4, 0.5) is 0 Å². The van der Waals surface area contributed by atoms with Gasteiger partial charge in [0, 0.05) is 38.1 Å². The first kappa shape index (κ1) is 17.9. The summed E-state index contributed by atoms with van der Waals surface area (Å²) in [7, 11) is 0. The summed E-state index contributed by atoms with van der Waals surface area (Å²) in [4.78, 5) is 3.84. The van der Waals surface area contributed by atoms with Crippen LogP contribution >= 0.6 is 0 Å². The van der Waals surface area contributed by atoms with E-state index in [2.05, 4.69) is 102 Å². The summed E-state index contributed by atoms with van der Waals surface area (Å²) in [6.07, 6.45) is 0. The van der Waals surface area contributed by atoms with Crippen molar-refractivity contribution in [2.45, 2.75) is 0 Å². The number of benzene rings is 6. The quantitative estimate of drug-likeness (QED) is 0.257. The van der Waals surface area contributed by atoms with E-state index in [1.54, 1.807) is 0 Å². The van der Waals surface area contributed by atoms with E-state index < -0.39 is 0 Å². The van der Waals surface area contributed by atoms with E-state index in [4.69, 9.17) is 4.42 Å². The number of furan rings is 1. The monoisotopic (exact) mass is 433 g/mol. The summed E-state index contributed by atoms with van der Waals surface area (Å²) in [5, 5.41) is 9.92. The van der Waals surface area contributed by atoms with Gasteiger partial charge in [0.15, 0.2) is 0 Å². The summed E-state index contributed by atoms with van der Waals surface area (Å²) in [6, 6.07) is 38.7. The van der Waals surface area contributed by atoms with E-state index >= 15 is 0 Å². The Morgan fingerprint density at radius 1 is 0.412 bits per heavy atom. The van der Waals surface area contributed by atoms with Crippen molar-refractivity contribution in [2.24, 2.45) is 0 Å². The Hall–Kier alpha value is -4.56. The van der Waals surface area contributed by atoms with E-state index in [-0.39, 0.29) is 0 Å². The molecule has 2 heteroatoms. The lowest BCUT2D eigenvalue weighted by Gasteiger charge is -2.07. The van der Waals surface area contributed by atoms with E-state index in [0.29, 0.717) is 0 Å². The number of aromatic nitrogens is 1. The summed E-state index contributed by atoms with van der Waals surface area (Å²) >= 11 is 0. The van der Waals surface area contributed by atoms with Gasteiger partial charge in [0.1, 0.15) is 11.2 Å². The van der Waals surface area contributed by atoms with Gasteiger partial charge in [0.25, 0.3) is 0 Å². The topological polar surface area (TPSA) is 28.9 Å². The lowest BCUT2D eigenvalue weighted by atomic mass is 9.95. The molecule has 0 aliphatic heterocycles. The van der Waals surface area contributed by atoms with E-state index in [1.807, 2.05) is 12.1 Å². The van der Waals surface area contributed by atoms with Crippen molar-refractivity contribution in [3.05, 3.63) is 109 Å². The molecule has 8 aromatic rings. The second kappa shape index (κ2) is 6.49. The number of H-pyrrole nitrogens is 1. The molecule has 6 aromatic carbocycles. The molecule has 0 fully saturated rings. The minimum atomic E-state index is 0.922. The van der Waals surface area contributed by atoms with Gasteiger partial charge in [-0.25, -0.2) is 0 Å². The number of fused-ring (bicyclic) bond motifs is 11. The highest BCUT2D eigenvalue weighted by atomic mass is 16.3. The zero-order chi connectivity index (χ0) is 22.2. The molecular formula is C32H19NO. The third-order valence-corrected chi connectivity index (χ3v) is 7.21. The van der Waals surface area contributed by atoms with Gasteiger partial charge >= 0.3 is 0 Å². The molecule has 0 spiro atoms. The molecule has 2 heterocycles. The molecule has 158 valence electrons. The molecule has 0 saturated carbocycles. The Morgan fingerprint density at radius 2 is 1.00 bits per heavy atom. The molecule has 1 N–H and O–H groups in total. The number of para-hydroxylation sites is 3. The Kier molecular flexibility index (Phi) is 3.42. The summed E-state index contributed by atoms with van der Waals surface area (Å²) in [6.45, 7) is 0. The van der Waals surface area contributed by atoms with Crippen LogP contribution in [0.2, 0.25) is 0 Å². The first-order valence-electron chi connectivity index (χ1n) is 11.6. The fourth-order valence-corrected chi connectivity index (χ4v) is 5.75. The summed E-state index contributed by atoms with van der Waals surface area (Å²) < 4.78 is 6.39. The van der Waals surface area contributed by atoms with Gasteiger partial charge in [-0.1, -0.05) is 103 Å². The van der Waals surface area contributed by atoms with Crippen LogP contribution in [0.15, 0.2) is 114 Å². The molecule has 0 bridgehead atoms. The maximum Gasteiger partial charge on any atom is 0.143 e. The van der Waals surface area contributed by atoms with Crippen molar-refractivity contribution in [2.75, 3.05) is 0 Å². The second-order valence-electron chi connectivity index (χ2n) is 8.97. The minimum absolute atomic E-state index is 0.922. The third-order valence-electron chi connectivity index (χ3n) is 7.21. The molecule has 0 saturated heterocycles. The predicted octanol–water partition coefficient (Wildman–Crippen LogP) is 9.19. The van der Waals surface area contributed by atoms with Gasteiger partial charge in [0.2, 0.25) is 0 Å². The van der Waals surface area contributed by atoms with Crippen molar-refractivity contribution in [3.8, 4) is 11.1 Å². The van der Waals surface area contributed by atoms with Gasteiger partial charge < -0.3 is 9.40 Å². The molecule has 0 amide bonds. The second-order valence-corrected chi connectivity index (χ2v) is 8.97. The Labute approximate surface area is 195 Å². The largest absolute Gasteiger partial charge is 0.455 e. The van der Waals surface area contributed by atoms with Gasteiger partial charge in [-0.15, -0.1) is 0 Å². The summed E-state index contributed by atoms with van der Waals surface area (Å²) in [5.74, 6) is 0. The van der Waals surface area contributed by atoms with Crippen LogP contribution in [0.1, 0.15) is 0 Å².